The van der Waals surface area contributed by atoms with E-state index in [1.165, 1.54) is 417 Å². The standard InChI is InChI=1S/C85H170NO8P/c1-6-8-10-12-14-16-18-20-22-24-26-28-30-32-34-36-38-40-41-42-43-44-46-48-50-52-54-56-58-60-62-64-66-68-70-72-74-76-78-85(88)94-83(82-93-95(89,90)92-80-79-86(3,4)5)81-91-84(87)77-75-73-71-69-67-65-63-61-59-57-55-53-51-49-47-45-39-37-35-33-31-29-27-25-23-21-19-17-15-13-11-9-7-2/h83H,6-82H2,1-5H3/p+1. The summed E-state index contributed by atoms with van der Waals surface area (Å²) in [5.74, 6) is -0.763. The van der Waals surface area contributed by atoms with Gasteiger partial charge in [-0.05, 0) is 12.8 Å². The van der Waals surface area contributed by atoms with Crippen LogP contribution in [0.25, 0.3) is 0 Å². The Morgan fingerprint density at radius 2 is 0.474 bits per heavy atom. The van der Waals surface area contributed by atoms with Gasteiger partial charge in [0.2, 0.25) is 0 Å². The number of carbonyl (C=O) groups excluding carboxylic acids is 2. The van der Waals surface area contributed by atoms with E-state index in [0.717, 1.165) is 38.5 Å². The summed E-state index contributed by atoms with van der Waals surface area (Å²) in [6.07, 6.45) is 97.3. The summed E-state index contributed by atoms with van der Waals surface area (Å²) < 4.78 is 34.9. The Labute approximate surface area is 594 Å². The van der Waals surface area contributed by atoms with Gasteiger partial charge in [-0.25, -0.2) is 4.57 Å². The SMILES string of the molecule is CCCCCCCCCCCCCCCCCCCCCCCCCCCCCCCCCCCCCCCCC(=O)OC(COC(=O)CCCCCCCCCCCCCCCCCCCCCCCCCCCCCCCCCCC)COP(=O)(O)OCC[N+](C)(C)C. The molecular weight excluding hydrogens is 1190 g/mol. The number of phosphoric acid groups is 1. The molecular formula is C85H171NO8P+. The number of nitrogens with zero attached hydrogens (tertiary/aromatic N) is 1. The Morgan fingerprint density at radius 1 is 0.284 bits per heavy atom. The van der Waals surface area contributed by atoms with E-state index in [1.807, 2.05) is 21.1 Å². The molecule has 0 aliphatic rings. The van der Waals surface area contributed by atoms with Crippen LogP contribution in [-0.2, 0) is 32.7 Å². The lowest BCUT2D eigenvalue weighted by Crippen LogP contribution is -2.37. The van der Waals surface area contributed by atoms with Gasteiger partial charge in [0.1, 0.15) is 19.8 Å². The Balaban J connectivity index is 3.84. The van der Waals surface area contributed by atoms with Crippen LogP contribution >= 0.6 is 7.82 Å². The lowest BCUT2D eigenvalue weighted by molar-refractivity contribution is -0.870. The summed E-state index contributed by atoms with van der Waals surface area (Å²) in [4.78, 5) is 36.0. The topological polar surface area (TPSA) is 108 Å². The fraction of sp³-hybridized carbons (Fsp3) is 0.976. The van der Waals surface area contributed by atoms with Crippen molar-refractivity contribution in [3.63, 3.8) is 0 Å². The predicted molar refractivity (Wildman–Crippen MR) is 414 cm³/mol. The molecule has 95 heavy (non-hydrogen) atoms. The fourth-order valence-electron chi connectivity index (χ4n) is 13.8. The van der Waals surface area contributed by atoms with Crippen LogP contribution < -0.4 is 0 Å². The van der Waals surface area contributed by atoms with E-state index in [0.29, 0.717) is 17.4 Å². The zero-order chi connectivity index (χ0) is 69.0. The lowest BCUT2D eigenvalue weighted by Gasteiger charge is -2.24. The fourth-order valence-corrected chi connectivity index (χ4v) is 14.5. The average Bonchev–Trinajstić information content (AvgIpc) is 1.89. The maximum absolute atomic E-state index is 12.9. The highest BCUT2D eigenvalue weighted by molar-refractivity contribution is 7.47. The highest BCUT2D eigenvalue weighted by Gasteiger charge is 2.27. The summed E-state index contributed by atoms with van der Waals surface area (Å²) in [6, 6.07) is 0. The van der Waals surface area contributed by atoms with Crippen LogP contribution in [0.3, 0.4) is 0 Å². The number of ether oxygens (including phenoxy) is 2. The summed E-state index contributed by atoms with van der Waals surface area (Å²) in [7, 11) is 1.51. The third-order valence-electron chi connectivity index (χ3n) is 20.4. The van der Waals surface area contributed by atoms with Crippen LogP contribution in [-0.4, -0.2) is 74.9 Å². The van der Waals surface area contributed by atoms with Crippen LogP contribution in [0.4, 0.5) is 0 Å². The number of esters is 2. The van der Waals surface area contributed by atoms with Gasteiger partial charge in [-0.2, -0.15) is 0 Å². The van der Waals surface area contributed by atoms with Gasteiger partial charge in [0, 0.05) is 12.8 Å². The molecule has 0 saturated carbocycles. The molecule has 2 atom stereocenters. The number of likely N-dealkylation sites (N-methyl/N-ethyl adjacent to an activating group) is 1. The highest BCUT2D eigenvalue weighted by atomic mass is 31.2. The molecule has 10 heteroatoms. The first-order chi connectivity index (χ1) is 46.5. The molecule has 0 aliphatic carbocycles. The molecule has 1 N–H and O–H groups in total. The van der Waals surface area contributed by atoms with Crippen molar-refractivity contribution < 1.29 is 42.1 Å². The molecule has 0 aromatic carbocycles. The molecule has 2 unspecified atom stereocenters. The molecule has 0 radical (unpaired) electrons. The lowest BCUT2D eigenvalue weighted by atomic mass is 10.0. The molecule has 9 nitrogen and oxygen atoms in total. The van der Waals surface area contributed by atoms with Gasteiger partial charge >= 0.3 is 19.8 Å². The van der Waals surface area contributed by atoms with E-state index in [2.05, 4.69) is 13.8 Å². The number of hydrogen-bond donors (Lipinski definition) is 1. The van der Waals surface area contributed by atoms with Gasteiger partial charge in [-0.15, -0.1) is 0 Å². The third kappa shape index (κ3) is 81.9. The second-order valence-corrected chi connectivity index (χ2v) is 32.8. The van der Waals surface area contributed by atoms with Gasteiger partial charge in [0.25, 0.3) is 0 Å². The number of unbranched alkanes of at least 4 members (excludes halogenated alkanes) is 69. The van der Waals surface area contributed by atoms with Crippen molar-refractivity contribution in [2.45, 2.75) is 489 Å². The molecule has 0 aromatic heterocycles. The first-order valence-electron chi connectivity index (χ1n) is 43.3. The molecule has 568 valence electrons. The van der Waals surface area contributed by atoms with Crippen molar-refractivity contribution in [2.75, 3.05) is 47.5 Å². The van der Waals surface area contributed by atoms with Crippen molar-refractivity contribution in [1.82, 2.24) is 0 Å². The minimum absolute atomic E-state index is 0.0379. The number of quaternary nitrogens is 1. The van der Waals surface area contributed by atoms with Crippen molar-refractivity contribution in [3.05, 3.63) is 0 Å². The number of hydrogen-bond acceptors (Lipinski definition) is 7. The van der Waals surface area contributed by atoms with Crippen molar-refractivity contribution >= 4 is 19.8 Å². The van der Waals surface area contributed by atoms with Gasteiger partial charge in [0.15, 0.2) is 6.10 Å². The Morgan fingerprint density at radius 3 is 0.674 bits per heavy atom. The quantitative estimate of drug-likeness (QED) is 0.0278. The summed E-state index contributed by atoms with van der Waals surface area (Å²) in [5, 5.41) is 0. The van der Waals surface area contributed by atoms with Crippen LogP contribution in [0.2, 0.25) is 0 Å². The minimum Gasteiger partial charge on any atom is -0.462 e. The molecule has 0 spiro atoms. The van der Waals surface area contributed by atoms with Crippen LogP contribution in [0.15, 0.2) is 0 Å². The zero-order valence-electron chi connectivity index (χ0n) is 65.2. The van der Waals surface area contributed by atoms with Gasteiger partial charge in [0.05, 0.1) is 27.7 Å². The van der Waals surface area contributed by atoms with Crippen LogP contribution in [0.1, 0.15) is 483 Å². The van der Waals surface area contributed by atoms with E-state index in [-0.39, 0.29) is 25.6 Å². The second kappa shape index (κ2) is 77.2. The molecule has 0 heterocycles. The molecule has 0 aliphatic heterocycles. The largest absolute Gasteiger partial charge is 0.472 e. The van der Waals surface area contributed by atoms with Gasteiger partial charge < -0.3 is 18.9 Å². The second-order valence-electron chi connectivity index (χ2n) is 31.3. The molecule has 0 rings (SSSR count). The molecule has 0 aromatic rings. The highest BCUT2D eigenvalue weighted by Crippen LogP contribution is 2.43. The smallest absolute Gasteiger partial charge is 0.462 e. The summed E-state index contributed by atoms with van der Waals surface area (Å²) in [5.41, 5.74) is 0. The normalized spacial score (nSPS) is 12.9. The van der Waals surface area contributed by atoms with Crippen molar-refractivity contribution in [3.8, 4) is 0 Å². The minimum atomic E-state index is -4.39. The predicted octanol–water partition coefficient (Wildman–Crippen LogP) is 28.8. The Hall–Kier alpha value is -0.990. The summed E-state index contributed by atoms with van der Waals surface area (Å²) in [6.45, 7) is 4.55. The molecule has 0 bridgehead atoms. The van der Waals surface area contributed by atoms with Gasteiger partial charge in [-0.3, -0.25) is 18.6 Å². The van der Waals surface area contributed by atoms with Crippen molar-refractivity contribution in [1.29, 1.82) is 0 Å². The first kappa shape index (κ1) is 94.0. The monoisotopic (exact) mass is 1370 g/mol. The van der Waals surface area contributed by atoms with Crippen LogP contribution in [0.5, 0.6) is 0 Å². The molecule has 0 fully saturated rings. The Bertz CT molecular complexity index is 1560. The number of phosphoric ester groups is 1. The van der Waals surface area contributed by atoms with E-state index < -0.39 is 26.5 Å². The molecule has 0 saturated heterocycles. The van der Waals surface area contributed by atoms with Crippen LogP contribution in [0, 0.1) is 0 Å². The van der Waals surface area contributed by atoms with Gasteiger partial charge in [-0.1, -0.05) is 457 Å². The Kier molecular flexibility index (Phi) is 76.4. The third-order valence-corrected chi connectivity index (χ3v) is 21.4. The van der Waals surface area contributed by atoms with Crippen molar-refractivity contribution in [2.24, 2.45) is 0 Å². The summed E-state index contributed by atoms with van der Waals surface area (Å²) >= 11 is 0. The zero-order valence-corrected chi connectivity index (χ0v) is 66.1. The maximum Gasteiger partial charge on any atom is 0.472 e. The van der Waals surface area contributed by atoms with E-state index in [9.17, 15) is 19.0 Å². The average molecular weight is 1370 g/mol. The van der Waals surface area contributed by atoms with E-state index in [1.54, 1.807) is 0 Å². The first-order valence-corrected chi connectivity index (χ1v) is 44.8. The number of carbonyl (C=O) groups is 2. The number of rotatable bonds is 83. The van der Waals surface area contributed by atoms with E-state index in [4.69, 9.17) is 18.5 Å². The maximum atomic E-state index is 12.9. The van der Waals surface area contributed by atoms with E-state index >= 15 is 0 Å². The molecule has 0 amide bonds.